The molecule has 0 aliphatic heterocycles. The molecule has 1 aromatic heterocycles. The number of rotatable bonds is 3. The molecule has 0 atom stereocenters. The van der Waals surface area contributed by atoms with Gasteiger partial charge in [-0.2, -0.15) is 0 Å². The van der Waals surface area contributed by atoms with Gasteiger partial charge in [-0.05, 0) is 0 Å². The van der Waals surface area contributed by atoms with Gasteiger partial charge in [-0.15, -0.1) is 0 Å². The lowest BCUT2D eigenvalue weighted by Crippen LogP contribution is -2.12. The van der Waals surface area contributed by atoms with Crippen molar-refractivity contribution in [1.82, 2.24) is 4.98 Å². The highest BCUT2D eigenvalue weighted by Crippen LogP contribution is 2.13. The molecule has 13 heavy (non-hydrogen) atoms. The van der Waals surface area contributed by atoms with Gasteiger partial charge in [0, 0.05) is 12.3 Å². The number of ether oxygens (including phenoxy) is 1. The Bertz CT molecular complexity index is 414. The molecule has 0 bridgehead atoms. The van der Waals surface area contributed by atoms with E-state index >= 15 is 0 Å². The van der Waals surface area contributed by atoms with Crippen molar-refractivity contribution < 1.29 is 17.9 Å². The lowest BCUT2D eigenvalue weighted by atomic mass is 10.5. The largest absolute Gasteiger partial charge is 0.427 e. The van der Waals surface area contributed by atoms with E-state index < -0.39 is 10.0 Å². The predicted octanol–water partition coefficient (Wildman–Crippen LogP) is -0.736. The van der Waals surface area contributed by atoms with E-state index in [0.717, 1.165) is 12.3 Å². The summed E-state index contributed by atoms with van der Waals surface area (Å²) in [4.78, 5) is 13.2. The molecule has 0 aliphatic rings. The molecule has 1 rings (SSSR count). The molecule has 0 aromatic carbocycles. The molecule has 2 N–H and O–H groups in total. The van der Waals surface area contributed by atoms with Gasteiger partial charge in [0.25, 0.3) is 6.47 Å². The SMILES string of the molecule is NS(=O)(=O)c1cncc(OC=O)c1. The second-order valence-corrected chi connectivity index (χ2v) is 3.68. The highest BCUT2D eigenvalue weighted by Gasteiger charge is 2.08. The molecule has 6 nitrogen and oxygen atoms in total. The first kappa shape index (κ1) is 9.62. The summed E-state index contributed by atoms with van der Waals surface area (Å²) in [7, 11) is -3.80. The number of hydrogen-bond donors (Lipinski definition) is 1. The Morgan fingerprint density at radius 2 is 2.15 bits per heavy atom. The molecule has 0 aliphatic carbocycles. The molecule has 1 heterocycles. The van der Waals surface area contributed by atoms with Gasteiger partial charge in [0.2, 0.25) is 10.0 Å². The van der Waals surface area contributed by atoms with Crippen LogP contribution >= 0.6 is 0 Å². The van der Waals surface area contributed by atoms with Gasteiger partial charge < -0.3 is 4.74 Å². The summed E-state index contributed by atoms with van der Waals surface area (Å²) in [5.41, 5.74) is 0. The molecule has 0 saturated heterocycles. The molecule has 0 amide bonds. The summed E-state index contributed by atoms with van der Waals surface area (Å²) in [6.45, 7) is 0.171. The van der Waals surface area contributed by atoms with Crippen molar-refractivity contribution in [3.8, 4) is 5.75 Å². The molecule has 1 aromatic rings. The number of hydrogen-bond acceptors (Lipinski definition) is 5. The minimum absolute atomic E-state index is 0.0292. The van der Waals surface area contributed by atoms with Gasteiger partial charge in [0.05, 0.1) is 6.20 Å². The zero-order valence-electron chi connectivity index (χ0n) is 6.38. The summed E-state index contributed by atoms with van der Waals surface area (Å²) >= 11 is 0. The Kier molecular flexibility index (Phi) is 2.59. The molecular formula is C6H6N2O4S. The standard InChI is InChI=1S/C6H6N2O4S/c7-13(10,11)6-1-5(12-4-9)2-8-3-6/h1-4H,(H2,7,10,11). The van der Waals surface area contributed by atoms with Crippen LogP contribution in [-0.2, 0) is 14.8 Å². The van der Waals surface area contributed by atoms with Crippen molar-refractivity contribution in [2.75, 3.05) is 0 Å². The molecule has 70 valence electrons. The van der Waals surface area contributed by atoms with Crippen LogP contribution in [0.25, 0.3) is 0 Å². The minimum atomic E-state index is -3.80. The van der Waals surface area contributed by atoms with Crippen molar-refractivity contribution in [3.63, 3.8) is 0 Å². The number of aromatic nitrogens is 1. The van der Waals surface area contributed by atoms with Crippen LogP contribution < -0.4 is 9.88 Å². The third kappa shape index (κ3) is 2.49. The van der Waals surface area contributed by atoms with Crippen molar-refractivity contribution >= 4 is 16.5 Å². The summed E-state index contributed by atoms with van der Waals surface area (Å²) in [6.07, 6.45) is 2.26. The van der Waals surface area contributed by atoms with E-state index in [1.165, 1.54) is 6.20 Å². The Balaban J connectivity index is 3.13. The van der Waals surface area contributed by atoms with Crippen LogP contribution in [0.5, 0.6) is 5.75 Å². The van der Waals surface area contributed by atoms with Crippen LogP contribution in [0, 0.1) is 0 Å². The van der Waals surface area contributed by atoms with E-state index in [4.69, 9.17) is 5.14 Å². The first-order valence-corrected chi connectivity index (χ1v) is 4.67. The molecule has 0 fully saturated rings. The van der Waals surface area contributed by atoms with Gasteiger partial charge in [-0.1, -0.05) is 0 Å². The number of nitrogens with two attached hydrogens (primary N) is 1. The second kappa shape index (κ2) is 3.50. The van der Waals surface area contributed by atoms with Crippen LogP contribution in [0.4, 0.5) is 0 Å². The fraction of sp³-hybridized carbons (Fsp3) is 0. The van der Waals surface area contributed by atoms with E-state index in [2.05, 4.69) is 9.72 Å². The van der Waals surface area contributed by atoms with E-state index in [9.17, 15) is 13.2 Å². The predicted molar refractivity (Wildman–Crippen MR) is 42.3 cm³/mol. The average Bonchev–Trinajstić information content (AvgIpc) is 2.04. The quantitative estimate of drug-likeness (QED) is 0.651. The van der Waals surface area contributed by atoms with Crippen LogP contribution in [0.3, 0.4) is 0 Å². The number of carbonyl (C=O) groups excluding carboxylic acids is 1. The van der Waals surface area contributed by atoms with Gasteiger partial charge >= 0.3 is 0 Å². The summed E-state index contributed by atoms with van der Waals surface area (Å²) in [5.74, 6) is 0.0292. The Morgan fingerprint density at radius 1 is 1.46 bits per heavy atom. The van der Waals surface area contributed by atoms with E-state index in [0.29, 0.717) is 0 Å². The zero-order chi connectivity index (χ0) is 9.90. The number of sulfonamides is 1. The lowest BCUT2D eigenvalue weighted by Gasteiger charge is -1.99. The monoisotopic (exact) mass is 202 g/mol. The van der Waals surface area contributed by atoms with Crippen molar-refractivity contribution in [3.05, 3.63) is 18.5 Å². The van der Waals surface area contributed by atoms with Crippen LogP contribution in [-0.4, -0.2) is 19.9 Å². The van der Waals surface area contributed by atoms with Crippen molar-refractivity contribution in [2.45, 2.75) is 4.90 Å². The Hall–Kier alpha value is -1.47. The van der Waals surface area contributed by atoms with Crippen LogP contribution in [0.15, 0.2) is 23.4 Å². The van der Waals surface area contributed by atoms with Gasteiger partial charge in [-0.3, -0.25) is 9.78 Å². The number of carbonyl (C=O) groups is 1. The molecule has 0 spiro atoms. The number of primary sulfonamides is 1. The topological polar surface area (TPSA) is 99.4 Å². The maximum atomic E-state index is 10.8. The first-order valence-electron chi connectivity index (χ1n) is 3.12. The molecule has 0 radical (unpaired) electrons. The average molecular weight is 202 g/mol. The molecule has 7 heteroatoms. The Labute approximate surface area is 74.4 Å². The van der Waals surface area contributed by atoms with E-state index in [1.807, 2.05) is 0 Å². The molecule has 0 unspecified atom stereocenters. The normalized spacial score (nSPS) is 10.8. The number of nitrogens with zero attached hydrogens (tertiary/aromatic N) is 1. The third-order valence-electron chi connectivity index (χ3n) is 1.20. The maximum Gasteiger partial charge on any atom is 0.298 e. The van der Waals surface area contributed by atoms with E-state index in [-0.39, 0.29) is 17.1 Å². The fourth-order valence-electron chi connectivity index (χ4n) is 0.675. The van der Waals surface area contributed by atoms with Crippen LogP contribution in [0.2, 0.25) is 0 Å². The molecule has 0 saturated carbocycles. The lowest BCUT2D eigenvalue weighted by molar-refractivity contribution is -0.120. The Morgan fingerprint density at radius 3 is 2.69 bits per heavy atom. The summed E-state index contributed by atoms with van der Waals surface area (Å²) in [5, 5.41) is 4.81. The van der Waals surface area contributed by atoms with Crippen LogP contribution in [0.1, 0.15) is 0 Å². The molecular weight excluding hydrogens is 196 g/mol. The second-order valence-electron chi connectivity index (χ2n) is 2.12. The number of pyridine rings is 1. The zero-order valence-corrected chi connectivity index (χ0v) is 7.19. The van der Waals surface area contributed by atoms with Gasteiger partial charge in [-0.25, -0.2) is 13.6 Å². The summed E-state index contributed by atoms with van der Waals surface area (Å²) in [6, 6.07) is 1.11. The van der Waals surface area contributed by atoms with Crippen molar-refractivity contribution in [1.29, 1.82) is 0 Å². The van der Waals surface area contributed by atoms with Crippen molar-refractivity contribution in [2.24, 2.45) is 5.14 Å². The highest BCUT2D eigenvalue weighted by molar-refractivity contribution is 7.89. The van der Waals surface area contributed by atoms with Gasteiger partial charge in [0.15, 0.2) is 0 Å². The minimum Gasteiger partial charge on any atom is -0.427 e. The first-order chi connectivity index (χ1) is 6.04. The van der Waals surface area contributed by atoms with E-state index in [1.54, 1.807) is 0 Å². The highest BCUT2D eigenvalue weighted by atomic mass is 32.2. The fourth-order valence-corrected chi connectivity index (χ4v) is 1.16. The maximum absolute atomic E-state index is 10.8. The third-order valence-corrected chi connectivity index (χ3v) is 2.08. The summed E-state index contributed by atoms with van der Waals surface area (Å²) < 4.78 is 25.9. The smallest absolute Gasteiger partial charge is 0.298 e. The van der Waals surface area contributed by atoms with Gasteiger partial charge in [0.1, 0.15) is 10.6 Å².